The third kappa shape index (κ3) is 3.51. The first-order valence-corrected chi connectivity index (χ1v) is 8.85. The summed E-state index contributed by atoms with van der Waals surface area (Å²) in [6.45, 7) is 2.62. The summed E-state index contributed by atoms with van der Waals surface area (Å²) in [4.78, 5) is 18.7. The molecule has 6 heteroatoms. The molecule has 1 saturated heterocycles. The molecule has 0 spiro atoms. The Bertz CT molecular complexity index is 595. The number of rotatable bonds is 4. The van der Waals surface area contributed by atoms with E-state index in [-0.39, 0.29) is 11.9 Å². The summed E-state index contributed by atoms with van der Waals surface area (Å²) < 4.78 is 4.86. The topological polar surface area (TPSA) is 42.4 Å². The van der Waals surface area contributed by atoms with E-state index in [4.69, 9.17) is 9.72 Å². The number of ether oxygens (including phenoxy) is 1. The quantitative estimate of drug-likeness (QED) is 0.810. The summed E-state index contributed by atoms with van der Waals surface area (Å²) in [7, 11) is 1.47. The Labute approximate surface area is 132 Å². The monoisotopic (exact) mass is 322 g/mol. The predicted octanol–water partition coefficient (Wildman–Crippen LogP) is 3.26. The number of carbonyl (C=O) groups excluding carboxylic acids is 1. The zero-order chi connectivity index (χ0) is 14.7. The Morgan fingerprint density at radius 1 is 1.52 bits per heavy atom. The summed E-state index contributed by atoms with van der Waals surface area (Å²) >= 11 is 3.37. The standard InChI is InChI=1S/C15H18N2O2S2/c1-19-15(18)11-3-2-5-17(7-11)8-13-10-21-14(16-13)12-4-6-20-9-12/h4,6,9-11H,2-3,5,7-8H2,1H3/t11-/m0/s1. The van der Waals surface area contributed by atoms with Crippen molar-refractivity contribution in [3.63, 3.8) is 0 Å². The van der Waals surface area contributed by atoms with Gasteiger partial charge in [-0.3, -0.25) is 9.69 Å². The molecule has 112 valence electrons. The van der Waals surface area contributed by atoms with Crippen molar-refractivity contribution in [2.45, 2.75) is 19.4 Å². The number of carbonyl (C=O) groups is 1. The molecular formula is C15H18N2O2S2. The number of aromatic nitrogens is 1. The van der Waals surface area contributed by atoms with Gasteiger partial charge in [0.2, 0.25) is 0 Å². The first-order valence-electron chi connectivity index (χ1n) is 7.03. The number of likely N-dealkylation sites (tertiary alicyclic amines) is 1. The van der Waals surface area contributed by atoms with Gasteiger partial charge in [0.05, 0.1) is 18.7 Å². The third-order valence-corrected chi connectivity index (χ3v) is 5.37. The highest BCUT2D eigenvalue weighted by Gasteiger charge is 2.26. The Morgan fingerprint density at radius 3 is 3.19 bits per heavy atom. The number of esters is 1. The highest BCUT2D eigenvalue weighted by Crippen LogP contribution is 2.27. The molecule has 1 aliphatic heterocycles. The lowest BCUT2D eigenvalue weighted by Crippen LogP contribution is -2.38. The minimum Gasteiger partial charge on any atom is -0.469 e. The van der Waals surface area contributed by atoms with Crippen molar-refractivity contribution in [1.82, 2.24) is 9.88 Å². The van der Waals surface area contributed by atoms with Gasteiger partial charge in [0, 0.05) is 29.4 Å². The number of hydrogen-bond acceptors (Lipinski definition) is 6. The second-order valence-corrected chi connectivity index (χ2v) is 6.89. The molecular weight excluding hydrogens is 304 g/mol. The van der Waals surface area contributed by atoms with E-state index in [1.807, 2.05) is 0 Å². The Morgan fingerprint density at radius 2 is 2.43 bits per heavy atom. The molecule has 3 heterocycles. The first kappa shape index (κ1) is 14.7. The summed E-state index contributed by atoms with van der Waals surface area (Å²) in [6.07, 6.45) is 1.97. The fourth-order valence-corrected chi connectivity index (χ4v) is 4.21. The summed E-state index contributed by atoms with van der Waals surface area (Å²) in [6, 6.07) is 2.10. The van der Waals surface area contributed by atoms with Crippen LogP contribution in [-0.4, -0.2) is 36.1 Å². The van der Waals surface area contributed by atoms with Crippen LogP contribution in [0.5, 0.6) is 0 Å². The number of nitrogens with zero attached hydrogens (tertiary/aromatic N) is 2. The number of hydrogen-bond donors (Lipinski definition) is 0. The first-order chi connectivity index (χ1) is 10.3. The molecule has 2 aromatic heterocycles. The van der Waals surface area contributed by atoms with E-state index in [1.54, 1.807) is 22.7 Å². The van der Waals surface area contributed by atoms with E-state index in [0.29, 0.717) is 0 Å². The van der Waals surface area contributed by atoms with Crippen molar-refractivity contribution in [1.29, 1.82) is 0 Å². The third-order valence-electron chi connectivity index (χ3n) is 3.75. The molecule has 21 heavy (non-hydrogen) atoms. The van der Waals surface area contributed by atoms with E-state index in [9.17, 15) is 4.79 Å². The van der Waals surface area contributed by atoms with Gasteiger partial charge >= 0.3 is 5.97 Å². The van der Waals surface area contributed by atoms with Crippen LogP contribution in [0, 0.1) is 5.92 Å². The zero-order valence-electron chi connectivity index (χ0n) is 11.9. The highest BCUT2D eigenvalue weighted by atomic mass is 32.1. The summed E-state index contributed by atoms with van der Waals surface area (Å²) in [5.74, 6) is -0.0735. The maximum absolute atomic E-state index is 11.7. The van der Waals surface area contributed by atoms with Gasteiger partial charge in [0.25, 0.3) is 0 Å². The van der Waals surface area contributed by atoms with Gasteiger partial charge in [-0.25, -0.2) is 4.98 Å². The lowest BCUT2D eigenvalue weighted by molar-refractivity contribution is -0.147. The van der Waals surface area contributed by atoms with Crippen LogP contribution in [0.2, 0.25) is 0 Å². The SMILES string of the molecule is COC(=O)[C@H]1CCCN(Cc2csc(-c3ccsc3)n2)C1. The van der Waals surface area contributed by atoms with E-state index in [0.717, 1.165) is 43.2 Å². The summed E-state index contributed by atoms with van der Waals surface area (Å²) in [5, 5.41) is 7.39. The molecule has 1 fully saturated rings. The van der Waals surface area contributed by atoms with Gasteiger partial charge in [-0.15, -0.1) is 11.3 Å². The zero-order valence-corrected chi connectivity index (χ0v) is 13.6. The molecule has 0 N–H and O–H groups in total. The van der Waals surface area contributed by atoms with Crippen LogP contribution in [0.4, 0.5) is 0 Å². The van der Waals surface area contributed by atoms with Crippen molar-refractivity contribution < 1.29 is 9.53 Å². The lowest BCUT2D eigenvalue weighted by Gasteiger charge is -2.30. The largest absolute Gasteiger partial charge is 0.469 e. The Hall–Kier alpha value is -1.24. The van der Waals surface area contributed by atoms with Crippen molar-refractivity contribution >= 4 is 28.6 Å². The maximum Gasteiger partial charge on any atom is 0.309 e. The molecule has 1 atom stereocenters. The molecule has 0 saturated carbocycles. The van der Waals surface area contributed by atoms with Crippen LogP contribution in [0.3, 0.4) is 0 Å². The lowest BCUT2D eigenvalue weighted by atomic mass is 9.98. The molecule has 0 aromatic carbocycles. The number of thiazole rings is 1. The van der Waals surface area contributed by atoms with Crippen molar-refractivity contribution in [3.05, 3.63) is 27.9 Å². The van der Waals surface area contributed by atoms with E-state index >= 15 is 0 Å². The van der Waals surface area contributed by atoms with Gasteiger partial charge in [-0.1, -0.05) is 0 Å². The number of methoxy groups -OCH3 is 1. The van der Waals surface area contributed by atoms with Gasteiger partial charge in [-0.05, 0) is 30.8 Å². The maximum atomic E-state index is 11.7. The van der Waals surface area contributed by atoms with Crippen LogP contribution >= 0.6 is 22.7 Å². The Kier molecular flexibility index (Phi) is 4.67. The number of piperidine rings is 1. The molecule has 0 bridgehead atoms. The van der Waals surface area contributed by atoms with Crippen molar-refractivity contribution in [3.8, 4) is 10.6 Å². The molecule has 0 unspecified atom stereocenters. The van der Waals surface area contributed by atoms with Crippen LogP contribution < -0.4 is 0 Å². The second kappa shape index (κ2) is 6.68. The smallest absolute Gasteiger partial charge is 0.309 e. The highest BCUT2D eigenvalue weighted by molar-refractivity contribution is 7.14. The van der Waals surface area contributed by atoms with Crippen LogP contribution in [0.15, 0.2) is 22.2 Å². The minimum atomic E-state index is -0.0862. The number of thiophene rings is 1. The molecule has 4 nitrogen and oxygen atoms in total. The van der Waals surface area contributed by atoms with Gasteiger partial charge < -0.3 is 4.74 Å². The van der Waals surface area contributed by atoms with Crippen LogP contribution in [-0.2, 0) is 16.1 Å². The van der Waals surface area contributed by atoms with Gasteiger partial charge in [-0.2, -0.15) is 11.3 Å². The fourth-order valence-electron chi connectivity index (χ4n) is 2.69. The molecule has 0 radical (unpaired) electrons. The molecule has 2 aromatic rings. The molecule has 1 aliphatic rings. The fraction of sp³-hybridized carbons (Fsp3) is 0.467. The molecule has 0 aliphatic carbocycles. The normalized spacial score (nSPS) is 19.6. The summed E-state index contributed by atoms with van der Waals surface area (Å²) in [5.41, 5.74) is 2.29. The Balaban J connectivity index is 1.62. The van der Waals surface area contributed by atoms with Crippen LogP contribution in [0.1, 0.15) is 18.5 Å². The van der Waals surface area contributed by atoms with Crippen LogP contribution in [0.25, 0.3) is 10.6 Å². The predicted molar refractivity (Wildman–Crippen MR) is 85.4 cm³/mol. The van der Waals surface area contributed by atoms with Crippen molar-refractivity contribution in [2.75, 3.05) is 20.2 Å². The van der Waals surface area contributed by atoms with Gasteiger partial charge in [0.15, 0.2) is 0 Å². The average molecular weight is 322 g/mol. The molecule has 3 rings (SSSR count). The van der Waals surface area contributed by atoms with Crippen molar-refractivity contribution in [2.24, 2.45) is 5.92 Å². The van der Waals surface area contributed by atoms with Gasteiger partial charge in [0.1, 0.15) is 5.01 Å². The second-order valence-electron chi connectivity index (χ2n) is 5.25. The average Bonchev–Trinajstić information content (AvgIpc) is 3.17. The van der Waals surface area contributed by atoms with E-state index in [2.05, 4.69) is 27.1 Å². The molecule has 0 amide bonds. The van der Waals surface area contributed by atoms with E-state index in [1.165, 1.54) is 12.7 Å². The van der Waals surface area contributed by atoms with E-state index < -0.39 is 0 Å². The minimum absolute atomic E-state index is 0.0127.